The molecule has 7 heteroatoms. The number of thiophene rings is 1. The summed E-state index contributed by atoms with van der Waals surface area (Å²) in [5, 5.41) is 1.88. The number of amides is 1. The van der Waals surface area contributed by atoms with Gasteiger partial charge in [-0.2, -0.15) is 0 Å². The molecule has 0 N–H and O–H groups in total. The van der Waals surface area contributed by atoms with E-state index in [0.29, 0.717) is 13.1 Å². The average molecular weight is 380 g/mol. The predicted octanol–water partition coefficient (Wildman–Crippen LogP) is 3.00. The molecule has 0 radical (unpaired) electrons. The van der Waals surface area contributed by atoms with Gasteiger partial charge in [0.15, 0.2) is 5.78 Å². The molecule has 138 valence electrons. The van der Waals surface area contributed by atoms with Crippen molar-refractivity contribution in [2.75, 3.05) is 31.1 Å². The van der Waals surface area contributed by atoms with Crippen LogP contribution in [0.5, 0.6) is 0 Å². The molecular formula is C20H20N4O2S. The molecule has 27 heavy (non-hydrogen) atoms. The normalized spacial score (nSPS) is 14.5. The van der Waals surface area contributed by atoms with Gasteiger partial charge < -0.3 is 9.80 Å². The molecule has 0 bridgehead atoms. The highest BCUT2D eigenvalue weighted by Gasteiger charge is 2.23. The summed E-state index contributed by atoms with van der Waals surface area (Å²) >= 11 is 1.42. The van der Waals surface area contributed by atoms with E-state index in [-0.39, 0.29) is 24.5 Å². The van der Waals surface area contributed by atoms with Crippen molar-refractivity contribution >= 4 is 39.9 Å². The van der Waals surface area contributed by atoms with E-state index in [1.807, 2.05) is 40.6 Å². The zero-order valence-corrected chi connectivity index (χ0v) is 15.7. The Morgan fingerprint density at radius 1 is 0.963 bits per heavy atom. The minimum Gasteiger partial charge on any atom is -0.352 e. The van der Waals surface area contributed by atoms with Crippen LogP contribution in [0.3, 0.4) is 0 Å². The van der Waals surface area contributed by atoms with Crippen molar-refractivity contribution in [1.82, 2.24) is 14.9 Å². The van der Waals surface area contributed by atoms with Crippen LogP contribution in [0.2, 0.25) is 0 Å². The van der Waals surface area contributed by atoms with Crippen molar-refractivity contribution in [2.24, 2.45) is 0 Å². The highest BCUT2D eigenvalue weighted by molar-refractivity contribution is 7.12. The van der Waals surface area contributed by atoms with E-state index in [4.69, 9.17) is 0 Å². The number of aromatic nitrogens is 2. The van der Waals surface area contributed by atoms with Crippen LogP contribution in [0.25, 0.3) is 11.0 Å². The zero-order chi connectivity index (χ0) is 18.6. The minimum atomic E-state index is 0.0448. The fraction of sp³-hybridized carbons (Fsp3) is 0.300. The number of para-hydroxylation sites is 2. The van der Waals surface area contributed by atoms with Crippen LogP contribution < -0.4 is 4.90 Å². The first-order valence-electron chi connectivity index (χ1n) is 9.02. The molecule has 1 fully saturated rings. The van der Waals surface area contributed by atoms with Gasteiger partial charge in [-0.15, -0.1) is 11.3 Å². The van der Waals surface area contributed by atoms with Gasteiger partial charge in [-0.3, -0.25) is 14.6 Å². The van der Waals surface area contributed by atoms with Crippen molar-refractivity contribution in [3.05, 3.63) is 52.9 Å². The molecular weight excluding hydrogens is 360 g/mol. The molecule has 1 saturated heterocycles. The molecule has 0 aliphatic carbocycles. The van der Waals surface area contributed by atoms with Gasteiger partial charge in [0.25, 0.3) is 0 Å². The van der Waals surface area contributed by atoms with Crippen LogP contribution in [0.1, 0.15) is 22.5 Å². The van der Waals surface area contributed by atoms with E-state index < -0.39 is 0 Å². The quantitative estimate of drug-likeness (QED) is 0.637. The van der Waals surface area contributed by atoms with E-state index in [2.05, 4.69) is 14.9 Å². The molecule has 1 aromatic carbocycles. The number of anilines is 1. The van der Waals surface area contributed by atoms with Crippen molar-refractivity contribution in [3.8, 4) is 0 Å². The summed E-state index contributed by atoms with van der Waals surface area (Å²) in [6, 6.07) is 11.5. The second-order valence-electron chi connectivity index (χ2n) is 6.49. The Bertz CT molecular complexity index is 950. The van der Waals surface area contributed by atoms with Crippen molar-refractivity contribution < 1.29 is 9.59 Å². The van der Waals surface area contributed by atoms with Gasteiger partial charge in [0.1, 0.15) is 5.82 Å². The Kier molecular flexibility index (Phi) is 5.11. The summed E-state index contributed by atoms with van der Waals surface area (Å²) < 4.78 is 0. The van der Waals surface area contributed by atoms with Crippen molar-refractivity contribution in [2.45, 2.75) is 12.8 Å². The molecule has 1 aliphatic heterocycles. The second kappa shape index (κ2) is 7.84. The third-order valence-electron chi connectivity index (χ3n) is 4.75. The number of piperazine rings is 1. The maximum atomic E-state index is 12.4. The van der Waals surface area contributed by atoms with Crippen LogP contribution in [-0.4, -0.2) is 52.7 Å². The maximum absolute atomic E-state index is 12.4. The first-order valence-corrected chi connectivity index (χ1v) is 9.90. The molecule has 1 amide bonds. The van der Waals surface area contributed by atoms with Gasteiger partial charge >= 0.3 is 0 Å². The molecule has 0 spiro atoms. The van der Waals surface area contributed by atoms with Crippen molar-refractivity contribution in [1.29, 1.82) is 0 Å². The second-order valence-corrected chi connectivity index (χ2v) is 7.43. The standard InChI is InChI=1S/C20H20N4O2S/c25-17(18-6-3-13-27-18)7-8-20(26)24-11-9-23(10-12-24)19-14-21-15-4-1-2-5-16(15)22-19/h1-6,13-14H,7-12H2. The third-order valence-corrected chi connectivity index (χ3v) is 5.67. The molecule has 3 aromatic rings. The number of hydrogen-bond donors (Lipinski definition) is 0. The first-order chi connectivity index (χ1) is 13.2. The van der Waals surface area contributed by atoms with Crippen LogP contribution in [-0.2, 0) is 4.79 Å². The Balaban J connectivity index is 1.31. The molecule has 2 aromatic heterocycles. The van der Waals surface area contributed by atoms with E-state index in [9.17, 15) is 9.59 Å². The van der Waals surface area contributed by atoms with Crippen LogP contribution >= 0.6 is 11.3 Å². The highest BCUT2D eigenvalue weighted by atomic mass is 32.1. The fourth-order valence-electron chi connectivity index (χ4n) is 3.22. The molecule has 1 aliphatic rings. The monoisotopic (exact) mass is 380 g/mol. The lowest BCUT2D eigenvalue weighted by molar-refractivity contribution is -0.131. The summed E-state index contributed by atoms with van der Waals surface area (Å²) in [7, 11) is 0. The smallest absolute Gasteiger partial charge is 0.223 e. The summed E-state index contributed by atoms with van der Waals surface area (Å²) in [6.07, 6.45) is 2.34. The number of benzene rings is 1. The first kappa shape index (κ1) is 17.6. The lowest BCUT2D eigenvalue weighted by atomic mass is 10.1. The number of carbonyl (C=O) groups excluding carboxylic acids is 2. The van der Waals surface area contributed by atoms with Crippen LogP contribution in [0.15, 0.2) is 48.0 Å². The van der Waals surface area contributed by atoms with Crippen LogP contribution in [0.4, 0.5) is 5.82 Å². The van der Waals surface area contributed by atoms with Gasteiger partial charge in [0.05, 0.1) is 22.1 Å². The number of fused-ring (bicyclic) bond motifs is 1. The SMILES string of the molecule is O=C(CCC(=O)N1CCN(c2cnc3ccccc3n2)CC1)c1cccs1. The number of ketones is 1. The van der Waals surface area contributed by atoms with Crippen molar-refractivity contribution in [3.63, 3.8) is 0 Å². The molecule has 3 heterocycles. The largest absolute Gasteiger partial charge is 0.352 e. The Morgan fingerprint density at radius 2 is 1.74 bits per heavy atom. The van der Waals surface area contributed by atoms with E-state index >= 15 is 0 Å². The Morgan fingerprint density at radius 3 is 2.48 bits per heavy atom. The molecule has 0 atom stereocenters. The summed E-state index contributed by atoms with van der Waals surface area (Å²) in [5.74, 6) is 0.932. The van der Waals surface area contributed by atoms with E-state index in [1.54, 1.807) is 12.3 Å². The lowest BCUT2D eigenvalue weighted by Gasteiger charge is -2.35. The summed E-state index contributed by atoms with van der Waals surface area (Å²) in [5.41, 5.74) is 1.76. The predicted molar refractivity (Wildman–Crippen MR) is 106 cm³/mol. The Hall–Kier alpha value is -2.80. The zero-order valence-electron chi connectivity index (χ0n) is 14.9. The maximum Gasteiger partial charge on any atom is 0.223 e. The number of carbonyl (C=O) groups is 2. The van der Waals surface area contributed by atoms with Gasteiger partial charge in [-0.25, -0.2) is 4.98 Å². The van der Waals surface area contributed by atoms with Gasteiger partial charge in [0.2, 0.25) is 5.91 Å². The topological polar surface area (TPSA) is 66.4 Å². The molecule has 0 unspecified atom stereocenters. The molecule has 0 saturated carbocycles. The number of Topliss-reactive ketones (excluding diaryl/α,β-unsaturated/α-hetero) is 1. The third kappa shape index (κ3) is 3.98. The average Bonchev–Trinajstić information content (AvgIpc) is 3.26. The highest BCUT2D eigenvalue weighted by Crippen LogP contribution is 2.18. The number of nitrogens with zero attached hydrogens (tertiary/aromatic N) is 4. The minimum absolute atomic E-state index is 0.0448. The van der Waals surface area contributed by atoms with Gasteiger partial charge in [-0.05, 0) is 23.6 Å². The van der Waals surface area contributed by atoms with Crippen LogP contribution in [0, 0.1) is 0 Å². The molecule has 6 nitrogen and oxygen atoms in total. The van der Waals surface area contributed by atoms with Gasteiger partial charge in [-0.1, -0.05) is 18.2 Å². The lowest BCUT2D eigenvalue weighted by Crippen LogP contribution is -2.49. The summed E-state index contributed by atoms with van der Waals surface area (Å²) in [6.45, 7) is 2.72. The van der Waals surface area contributed by atoms with Gasteiger partial charge in [0, 0.05) is 39.0 Å². The Labute approximate surface area is 161 Å². The van der Waals surface area contributed by atoms with E-state index in [0.717, 1.165) is 34.8 Å². The fourth-order valence-corrected chi connectivity index (χ4v) is 3.92. The number of hydrogen-bond acceptors (Lipinski definition) is 6. The molecule has 4 rings (SSSR count). The van der Waals surface area contributed by atoms with E-state index in [1.165, 1.54) is 11.3 Å². The number of rotatable bonds is 5. The summed E-state index contributed by atoms with van der Waals surface area (Å²) in [4.78, 5) is 38.3.